The van der Waals surface area contributed by atoms with Crippen LogP contribution in [0.1, 0.15) is 39.5 Å². The molecule has 1 aliphatic carbocycles. The van der Waals surface area contributed by atoms with E-state index in [2.05, 4.69) is 6.92 Å². The fourth-order valence-electron chi connectivity index (χ4n) is 3.05. The molecule has 1 saturated heterocycles. The molecule has 4 heteroatoms. The summed E-state index contributed by atoms with van der Waals surface area (Å²) in [6, 6.07) is 0. The summed E-state index contributed by atoms with van der Waals surface area (Å²) in [4.78, 5) is 25.5. The third kappa shape index (κ3) is 2.10. The number of aliphatic hydroxyl groups is 1. The third-order valence-electron chi connectivity index (χ3n) is 4.27. The van der Waals surface area contributed by atoms with E-state index >= 15 is 0 Å². The second-order valence-electron chi connectivity index (χ2n) is 5.31. The van der Waals surface area contributed by atoms with Crippen molar-refractivity contribution in [2.24, 2.45) is 17.8 Å². The minimum absolute atomic E-state index is 0.0524. The zero-order valence-electron chi connectivity index (χ0n) is 10.6. The smallest absolute Gasteiger partial charge is 0.233 e. The lowest BCUT2D eigenvalue weighted by molar-refractivity contribution is -0.142. The quantitative estimate of drug-likeness (QED) is 0.749. The van der Waals surface area contributed by atoms with Gasteiger partial charge in [-0.15, -0.1) is 0 Å². The van der Waals surface area contributed by atoms with E-state index in [1.165, 1.54) is 4.90 Å². The average Bonchev–Trinajstić information content (AvgIpc) is 2.85. The van der Waals surface area contributed by atoms with Crippen molar-refractivity contribution in [3.8, 4) is 0 Å². The summed E-state index contributed by atoms with van der Waals surface area (Å²) in [5.41, 5.74) is 0. The zero-order valence-corrected chi connectivity index (χ0v) is 10.6. The van der Waals surface area contributed by atoms with Crippen LogP contribution in [0.2, 0.25) is 0 Å². The van der Waals surface area contributed by atoms with Gasteiger partial charge in [-0.2, -0.15) is 0 Å². The molecule has 2 amide bonds. The van der Waals surface area contributed by atoms with Crippen LogP contribution in [-0.2, 0) is 9.59 Å². The van der Waals surface area contributed by atoms with Crippen LogP contribution < -0.4 is 0 Å². The summed E-state index contributed by atoms with van der Waals surface area (Å²) in [6.07, 6.45) is 2.74. The maximum absolute atomic E-state index is 12.1. The summed E-state index contributed by atoms with van der Waals surface area (Å²) in [5, 5.41) is 9.57. The Balaban J connectivity index is 2.06. The van der Waals surface area contributed by atoms with E-state index in [1.807, 2.05) is 6.92 Å². The van der Waals surface area contributed by atoms with Crippen LogP contribution in [0.3, 0.4) is 0 Å². The molecular weight excluding hydrogens is 218 g/mol. The van der Waals surface area contributed by atoms with Crippen molar-refractivity contribution >= 4 is 11.8 Å². The van der Waals surface area contributed by atoms with Crippen molar-refractivity contribution < 1.29 is 14.7 Å². The molecule has 3 unspecified atom stereocenters. The lowest BCUT2D eigenvalue weighted by Crippen LogP contribution is -2.38. The monoisotopic (exact) mass is 239 g/mol. The Bertz CT molecular complexity index is 305. The minimum atomic E-state index is -0.580. The molecule has 2 fully saturated rings. The summed E-state index contributed by atoms with van der Waals surface area (Å²) in [6.45, 7) is 4.14. The number of fused-ring (bicyclic) bond motifs is 1. The predicted molar refractivity (Wildman–Crippen MR) is 63.0 cm³/mol. The van der Waals surface area contributed by atoms with Gasteiger partial charge in [-0.25, -0.2) is 0 Å². The van der Waals surface area contributed by atoms with E-state index in [4.69, 9.17) is 0 Å². The number of amides is 2. The van der Waals surface area contributed by atoms with Gasteiger partial charge in [-0.1, -0.05) is 20.3 Å². The van der Waals surface area contributed by atoms with Crippen LogP contribution in [0.25, 0.3) is 0 Å². The van der Waals surface area contributed by atoms with Gasteiger partial charge in [0, 0.05) is 0 Å². The Morgan fingerprint density at radius 3 is 2.18 bits per heavy atom. The molecule has 1 heterocycles. The molecule has 1 aliphatic heterocycles. The number of β-amino-alcohol motifs (C(OH)–C–C–N with tert-alkyl or cyclic N) is 1. The second-order valence-corrected chi connectivity index (χ2v) is 5.31. The van der Waals surface area contributed by atoms with E-state index < -0.39 is 6.10 Å². The van der Waals surface area contributed by atoms with E-state index in [0.29, 0.717) is 12.3 Å². The zero-order chi connectivity index (χ0) is 12.6. The van der Waals surface area contributed by atoms with Crippen LogP contribution in [0.5, 0.6) is 0 Å². The van der Waals surface area contributed by atoms with Crippen molar-refractivity contribution in [3.63, 3.8) is 0 Å². The van der Waals surface area contributed by atoms with E-state index in [-0.39, 0.29) is 30.2 Å². The largest absolute Gasteiger partial charge is 0.391 e. The molecule has 96 valence electrons. The number of hydrogen-bond acceptors (Lipinski definition) is 3. The van der Waals surface area contributed by atoms with E-state index in [9.17, 15) is 14.7 Å². The SMILES string of the molecule is CCC(O)CN1C(=O)C2CC(CC)CC2C1=O. The number of imide groups is 1. The lowest BCUT2D eigenvalue weighted by atomic mass is 10.00. The molecule has 2 rings (SSSR count). The van der Waals surface area contributed by atoms with Gasteiger partial charge >= 0.3 is 0 Å². The van der Waals surface area contributed by atoms with Gasteiger partial charge in [0.15, 0.2) is 0 Å². The molecule has 17 heavy (non-hydrogen) atoms. The first kappa shape index (κ1) is 12.6. The molecule has 0 bridgehead atoms. The fourth-order valence-corrected chi connectivity index (χ4v) is 3.05. The highest BCUT2D eigenvalue weighted by Crippen LogP contribution is 2.44. The number of hydrogen-bond donors (Lipinski definition) is 1. The van der Waals surface area contributed by atoms with Gasteiger partial charge in [0.1, 0.15) is 0 Å². The molecule has 1 saturated carbocycles. The highest BCUT2D eigenvalue weighted by Gasteiger charge is 2.52. The Labute approximate surface area is 102 Å². The highest BCUT2D eigenvalue weighted by molar-refractivity contribution is 6.05. The van der Waals surface area contributed by atoms with Crippen LogP contribution in [0.4, 0.5) is 0 Å². The maximum atomic E-state index is 12.1. The summed E-state index contributed by atoms with van der Waals surface area (Å²) < 4.78 is 0. The first-order chi connectivity index (χ1) is 8.08. The third-order valence-corrected chi connectivity index (χ3v) is 4.27. The van der Waals surface area contributed by atoms with Gasteiger partial charge in [0.05, 0.1) is 24.5 Å². The average molecular weight is 239 g/mol. The summed E-state index contributed by atoms with van der Waals surface area (Å²) >= 11 is 0. The van der Waals surface area contributed by atoms with Crippen LogP contribution in [-0.4, -0.2) is 34.5 Å². The Hall–Kier alpha value is -0.900. The Morgan fingerprint density at radius 2 is 1.76 bits per heavy atom. The highest BCUT2D eigenvalue weighted by atomic mass is 16.3. The van der Waals surface area contributed by atoms with Crippen molar-refractivity contribution in [1.82, 2.24) is 4.90 Å². The van der Waals surface area contributed by atoms with Crippen molar-refractivity contribution in [1.29, 1.82) is 0 Å². The normalized spacial score (nSPS) is 34.3. The number of carbonyl (C=O) groups excluding carboxylic acids is 2. The number of aliphatic hydroxyl groups excluding tert-OH is 1. The molecule has 0 aromatic rings. The lowest BCUT2D eigenvalue weighted by Gasteiger charge is -2.19. The molecular formula is C13H21NO3. The Morgan fingerprint density at radius 1 is 1.24 bits per heavy atom. The first-order valence-electron chi connectivity index (χ1n) is 6.61. The molecule has 0 aromatic carbocycles. The van der Waals surface area contributed by atoms with Gasteiger partial charge in [-0.3, -0.25) is 14.5 Å². The number of likely N-dealkylation sites (tertiary alicyclic amines) is 1. The van der Waals surface area contributed by atoms with E-state index in [1.54, 1.807) is 0 Å². The molecule has 2 aliphatic rings. The molecule has 4 nitrogen and oxygen atoms in total. The van der Waals surface area contributed by atoms with Crippen molar-refractivity contribution in [2.75, 3.05) is 6.54 Å². The fraction of sp³-hybridized carbons (Fsp3) is 0.846. The maximum Gasteiger partial charge on any atom is 0.233 e. The second kappa shape index (κ2) is 4.77. The molecule has 0 aromatic heterocycles. The number of carbonyl (C=O) groups is 2. The van der Waals surface area contributed by atoms with Gasteiger partial charge < -0.3 is 5.11 Å². The molecule has 3 atom stereocenters. The minimum Gasteiger partial charge on any atom is -0.391 e. The van der Waals surface area contributed by atoms with Crippen LogP contribution >= 0.6 is 0 Å². The number of nitrogens with zero attached hydrogens (tertiary/aromatic N) is 1. The van der Waals surface area contributed by atoms with Crippen molar-refractivity contribution in [2.45, 2.75) is 45.6 Å². The topological polar surface area (TPSA) is 57.6 Å². The number of rotatable bonds is 4. The first-order valence-corrected chi connectivity index (χ1v) is 6.61. The Kier molecular flexibility index (Phi) is 3.52. The summed E-state index contributed by atoms with van der Waals surface area (Å²) in [7, 11) is 0. The van der Waals surface area contributed by atoms with Gasteiger partial charge in [0.25, 0.3) is 0 Å². The standard InChI is InChI=1S/C13H21NO3/c1-3-8-5-10-11(6-8)13(17)14(12(10)16)7-9(15)4-2/h8-11,15H,3-7H2,1-2H3. The molecule has 1 N–H and O–H groups in total. The molecule has 0 radical (unpaired) electrons. The van der Waals surface area contributed by atoms with Crippen molar-refractivity contribution in [3.05, 3.63) is 0 Å². The van der Waals surface area contributed by atoms with E-state index in [0.717, 1.165) is 19.3 Å². The molecule has 0 spiro atoms. The van der Waals surface area contributed by atoms with Gasteiger partial charge in [0.2, 0.25) is 11.8 Å². The predicted octanol–water partition coefficient (Wildman–Crippen LogP) is 1.18. The summed E-state index contributed by atoms with van der Waals surface area (Å²) in [5.74, 6) is 0.219. The van der Waals surface area contributed by atoms with Crippen LogP contribution in [0.15, 0.2) is 0 Å². The van der Waals surface area contributed by atoms with Gasteiger partial charge in [-0.05, 0) is 25.2 Å². The van der Waals surface area contributed by atoms with Crippen LogP contribution in [0, 0.1) is 17.8 Å².